The van der Waals surface area contributed by atoms with Crippen LogP contribution in [0, 0.1) is 5.92 Å². The quantitative estimate of drug-likeness (QED) is 0.699. The Balaban J connectivity index is 1.53. The maximum absolute atomic E-state index is 12.5. The molecule has 0 radical (unpaired) electrons. The number of carbonyl (C=O) groups excluding carboxylic acids is 2. The highest BCUT2D eigenvalue weighted by Crippen LogP contribution is 2.29. The number of hydrogen-bond acceptors (Lipinski definition) is 4. The summed E-state index contributed by atoms with van der Waals surface area (Å²) in [5.74, 6) is -0.0918. The van der Waals surface area contributed by atoms with Crippen LogP contribution in [-0.4, -0.2) is 79.4 Å². The van der Waals surface area contributed by atoms with Gasteiger partial charge < -0.3 is 9.80 Å². The van der Waals surface area contributed by atoms with Crippen LogP contribution in [0.5, 0.6) is 0 Å². The molecule has 1 aliphatic carbocycles. The number of nitrogens with zero attached hydrogens (tertiary/aromatic N) is 3. The fraction of sp³-hybridized carbons (Fsp3) is 0.857. The standard InChI is InChI=1S/C14H23N3O4S/c1-22(20,21)16-6-4-11(5-7-16)14(19)15-8-9-17(12-2-3-12)13(18)10-15/h11-12H,2-10H2,1H3. The first-order chi connectivity index (χ1) is 10.4. The maximum Gasteiger partial charge on any atom is 0.242 e. The van der Waals surface area contributed by atoms with Gasteiger partial charge in [0, 0.05) is 38.1 Å². The first-order valence-corrected chi connectivity index (χ1v) is 9.74. The van der Waals surface area contributed by atoms with E-state index in [2.05, 4.69) is 0 Å². The highest BCUT2D eigenvalue weighted by molar-refractivity contribution is 7.88. The van der Waals surface area contributed by atoms with Gasteiger partial charge in [-0.1, -0.05) is 0 Å². The van der Waals surface area contributed by atoms with E-state index in [9.17, 15) is 18.0 Å². The normalized spacial score (nSPS) is 25.6. The lowest BCUT2D eigenvalue weighted by Gasteiger charge is -2.37. The highest BCUT2D eigenvalue weighted by Gasteiger charge is 2.38. The molecule has 7 nitrogen and oxygen atoms in total. The molecule has 2 heterocycles. The molecule has 8 heteroatoms. The molecule has 0 aromatic carbocycles. The highest BCUT2D eigenvalue weighted by atomic mass is 32.2. The molecule has 3 rings (SSSR count). The van der Waals surface area contributed by atoms with Gasteiger partial charge in [0.25, 0.3) is 0 Å². The summed E-state index contributed by atoms with van der Waals surface area (Å²) in [7, 11) is -3.17. The van der Waals surface area contributed by atoms with Gasteiger partial charge in [-0.15, -0.1) is 0 Å². The molecule has 0 aromatic heterocycles. The third-order valence-electron chi connectivity index (χ3n) is 4.83. The molecular weight excluding hydrogens is 306 g/mol. The summed E-state index contributed by atoms with van der Waals surface area (Å²) in [6, 6.07) is 0.405. The Bertz CT molecular complexity index is 565. The van der Waals surface area contributed by atoms with Gasteiger partial charge in [0.2, 0.25) is 21.8 Å². The average Bonchev–Trinajstić information content (AvgIpc) is 3.30. The number of rotatable bonds is 3. The van der Waals surface area contributed by atoms with Crippen LogP contribution in [0.2, 0.25) is 0 Å². The third-order valence-corrected chi connectivity index (χ3v) is 6.13. The lowest BCUT2D eigenvalue weighted by molar-refractivity contribution is -0.148. The van der Waals surface area contributed by atoms with E-state index in [4.69, 9.17) is 0 Å². The molecule has 124 valence electrons. The lowest BCUT2D eigenvalue weighted by atomic mass is 9.96. The first kappa shape index (κ1) is 15.7. The third kappa shape index (κ3) is 3.27. The van der Waals surface area contributed by atoms with E-state index >= 15 is 0 Å². The molecule has 0 bridgehead atoms. The van der Waals surface area contributed by atoms with Crippen LogP contribution in [0.3, 0.4) is 0 Å². The molecule has 0 spiro atoms. The second kappa shape index (κ2) is 5.81. The molecule has 0 unspecified atom stereocenters. The Morgan fingerprint density at radius 3 is 2.18 bits per heavy atom. The van der Waals surface area contributed by atoms with E-state index in [1.807, 2.05) is 4.90 Å². The summed E-state index contributed by atoms with van der Waals surface area (Å²) >= 11 is 0. The Morgan fingerprint density at radius 2 is 1.68 bits per heavy atom. The van der Waals surface area contributed by atoms with Gasteiger partial charge in [-0.25, -0.2) is 12.7 Å². The number of piperidine rings is 1. The average molecular weight is 329 g/mol. The van der Waals surface area contributed by atoms with Crippen LogP contribution in [0.4, 0.5) is 0 Å². The predicted molar refractivity (Wildman–Crippen MR) is 80.5 cm³/mol. The van der Waals surface area contributed by atoms with Gasteiger partial charge in [0.1, 0.15) is 0 Å². The number of carbonyl (C=O) groups is 2. The van der Waals surface area contributed by atoms with Crippen LogP contribution in [-0.2, 0) is 19.6 Å². The number of hydrogen-bond donors (Lipinski definition) is 0. The zero-order valence-corrected chi connectivity index (χ0v) is 13.7. The van der Waals surface area contributed by atoms with Crippen molar-refractivity contribution in [3.05, 3.63) is 0 Å². The molecule has 2 saturated heterocycles. The second-order valence-corrected chi connectivity index (χ2v) is 8.50. The molecule has 2 aliphatic heterocycles. The van der Waals surface area contributed by atoms with E-state index in [1.165, 1.54) is 10.6 Å². The molecule has 0 N–H and O–H groups in total. The van der Waals surface area contributed by atoms with E-state index < -0.39 is 10.0 Å². The summed E-state index contributed by atoms with van der Waals surface area (Å²) in [5, 5.41) is 0. The Hall–Kier alpha value is -1.15. The van der Waals surface area contributed by atoms with Crippen molar-refractivity contribution in [3.8, 4) is 0 Å². The van der Waals surface area contributed by atoms with Crippen molar-refractivity contribution in [1.82, 2.24) is 14.1 Å². The predicted octanol–water partition coefficient (Wildman–Crippen LogP) is -0.509. The largest absolute Gasteiger partial charge is 0.336 e. The summed E-state index contributed by atoms with van der Waals surface area (Å²) in [4.78, 5) is 28.2. The van der Waals surface area contributed by atoms with Gasteiger partial charge in [0.15, 0.2) is 0 Å². The molecule has 1 saturated carbocycles. The number of piperazine rings is 1. The first-order valence-electron chi connectivity index (χ1n) is 7.89. The maximum atomic E-state index is 12.5. The van der Waals surface area contributed by atoms with Crippen molar-refractivity contribution in [3.63, 3.8) is 0 Å². The monoisotopic (exact) mass is 329 g/mol. The van der Waals surface area contributed by atoms with Crippen molar-refractivity contribution in [2.45, 2.75) is 31.7 Å². The zero-order valence-electron chi connectivity index (χ0n) is 12.9. The van der Waals surface area contributed by atoms with Gasteiger partial charge in [-0.3, -0.25) is 9.59 Å². The fourth-order valence-corrected chi connectivity index (χ4v) is 4.21. The van der Waals surface area contributed by atoms with E-state index in [0.717, 1.165) is 12.8 Å². The topological polar surface area (TPSA) is 78.0 Å². The minimum Gasteiger partial charge on any atom is -0.336 e. The van der Waals surface area contributed by atoms with E-state index in [-0.39, 0.29) is 24.3 Å². The summed E-state index contributed by atoms with van der Waals surface area (Å²) in [6.07, 6.45) is 4.46. The van der Waals surface area contributed by atoms with Crippen LogP contribution >= 0.6 is 0 Å². The number of amides is 2. The molecular formula is C14H23N3O4S. The van der Waals surface area contributed by atoms with Crippen molar-refractivity contribution < 1.29 is 18.0 Å². The smallest absolute Gasteiger partial charge is 0.242 e. The molecule has 3 fully saturated rings. The molecule has 2 amide bonds. The second-order valence-electron chi connectivity index (χ2n) is 6.51. The minimum absolute atomic E-state index is 0.0111. The SMILES string of the molecule is CS(=O)(=O)N1CCC(C(=O)N2CCN(C3CC3)C(=O)C2)CC1. The van der Waals surface area contributed by atoms with Crippen LogP contribution in [0.1, 0.15) is 25.7 Å². The Kier molecular flexibility index (Phi) is 4.15. The summed E-state index contributed by atoms with van der Waals surface area (Å²) in [6.45, 7) is 2.21. The minimum atomic E-state index is -3.17. The molecule has 0 atom stereocenters. The van der Waals surface area contributed by atoms with Crippen LogP contribution in [0.25, 0.3) is 0 Å². The molecule has 0 aromatic rings. The summed E-state index contributed by atoms with van der Waals surface area (Å²) in [5.41, 5.74) is 0. The number of sulfonamides is 1. The molecule has 22 heavy (non-hydrogen) atoms. The Morgan fingerprint density at radius 1 is 1.05 bits per heavy atom. The summed E-state index contributed by atoms with van der Waals surface area (Å²) < 4.78 is 24.4. The van der Waals surface area contributed by atoms with Gasteiger partial charge >= 0.3 is 0 Å². The van der Waals surface area contributed by atoms with E-state index in [1.54, 1.807) is 4.90 Å². The Labute approximate surface area is 131 Å². The van der Waals surface area contributed by atoms with Crippen molar-refractivity contribution in [2.24, 2.45) is 5.92 Å². The van der Waals surface area contributed by atoms with Gasteiger partial charge in [0.05, 0.1) is 12.8 Å². The van der Waals surface area contributed by atoms with Crippen molar-refractivity contribution in [2.75, 3.05) is 39.0 Å². The van der Waals surface area contributed by atoms with Gasteiger partial charge in [-0.05, 0) is 25.7 Å². The van der Waals surface area contributed by atoms with Crippen LogP contribution < -0.4 is 0 Å². The van der Waals surface area contributed by atoms with E-state index in [0.29, 0.717) is 45.1 Å². The molecule has 3 aliphatic rings. The fourth-order valence-electron chi connectivity index (χ4n) is 3.34. The lowest BCUT2D eigenvalue weighted by Crippen LogP contribution is -2.55. The van der Waals surface area contributed by atoms with Crippen LogP contribution in [0.15, 0.2) is 0 Å². The van der Waals surface area contributed by atoms with Crippen molar-refractivity contribution >= 4 is 21.8 Å². The van der Waals surface area contributed by atoms with Gasteiger partial charge in [-0.2, -0.15) is 0 Å². The van der Waals surface area contributed by atoms with Crippen molar-refractivity contribution in [1.29, 1.82) is 0 Å². The zero-order chi connectivity index (χ0) is 15.9.